The van der Waals surface area contributed by atoms with Crippen molar-refractivity contribution in [2.24, 2.45) is 0 Å². The summed E-state index contributed by atoms with van der Waals surface area (Å²) >= 11 is 1.14. The summed E-state index contributed by atoms with van der Waals surface area (Å²) in [6, 6.07) is 1.53. The molecule has 0 aromatic carbocycles. The predicted molar refractivity (Wildman–Crippen MR) is 49.1 cm³/mol. The van der Waals surface area contributed by atoms with Crippen molar-refractivity contribution in [1.82, 2.24) is 0 Å². The Balaban J connectivity index is 2.82. The van der Waals surface area contributed by atoms with Gasteiger partial charge in [0.25, 0.3) is 0 Å². The van der Waals surface area contributed by atoms with Gasteiger partial charge in [-0.25, -0.2) is 4.79 Å². The van der Waals surface area contributed by atoms with E-state index in [1.54, 1.807) is 6.92 Å². The van der Waals surface area contributed by atoms with Crippen LogP contribution in [-0.2, 0) is 4.74 Å². The molecule has 5 heteroatoms. The molecule has 0 aliphatic carbocycles. The van der Waals surface area contributed by atoms with E-state index in [9.17, 15) is 4.79 Å². The van der Waals surface area contributed by atoms with Gasteiger partial charge < -0.3 is 16.2 Å². The summed E-state index contributed by atoms with van der Waals surface area (Å²) in [7, 11) is 0. The first kappa shape index (κ1) is 8.86. The van der Waals surface area contributed by atoms with Gasteiger partial charge in [-0.2, -0.15) is 0 Å². The van der Waals surface area contributed by atoms with Crippen molar-refractivity contribution >= 4 is 28.0 Å². The Bertz CT molecular complexity index is 276. The van der Waals surface area contributed by atoms with E-state index in [1.807, 2.05) is 0 Å². The van der Waals surface area contributed by atoms with Gasteiger partial charge in [-0.15, -0.1) is 11.3 Å². The topological polar surface area (TPSA) is 78.3 Å². The van der Waals surface area contributed by atoms with E-state index in [1.165, 1.54) is 6.07 Å². The van der Waals surface area contributed by atoms with E-state index in [4.69, 9.17) is 16.2 Å². The number of thiophene rings is 1. The van der Waals surface area contributed by atoms with Crippen LogP contribution in [0.3, 0.4) is 0 Å². The molecular formula is C7H10N2O2S. The molecule has 0 radical (unpaired) electrons. The molecule has 0 fully saturated rings. The van der Waals surface area contributed by atoms with Crippen molar-refractivity contribution in [3.8, 4) is 0 Å². The van der Waals surface area contributed by atoms with Gasteiger partial charge in [0.2, 0.25) is 0 Å². The maximum Gasteiger partial charge on any atom is 0.348 e. The maximum absolute atomic E-state index is 11.1. The monoisotopic (exact) mass is 186 g/mol. The predicted octanol–water partition coefficient (Wildman–Crippen LogP) is 1.09. The summed E-state index contributed by atoms with van der Waals surface area (Å²) in [4.78, 5) is 11.5. The average Bonchev–Trinajstić information content (AvgIpc) is 2.33. The second kappa shape index (κ2) is 3.44. The lowest BCUT2D eigenvalue weighted by Crippen LogP contribution is -2.01. The van der Waals surface area contributed by atoms with Crippen molar-refractivity contribution in [1.29, 1.82) is 0 Å². The van der Waals surface area contributed by atoms with Crippen molar-refractivity contribution in [2.45, 2.75) is 6.92 Å². The van der Waals surface area contributed by atoms with Gasteiger partial charge in [0.05, 0.1) is 12.3 Å². The number of carbonyl (C=O) groups is 1. The molecule has 0 unspecified atom stereocenters. The van der Waals surface area contributed by atoms with E-state index in [0.29, 0.717) is 22.2 Å². The Hall–Kier alpha value is -1.23. The Morgan fingerprint density at radius 1 is 1.67 bits per heavy atom. The molecule has 0 aliphatic heterocycles. The molecular weight excluding hydrogens is 176 g/mol. The summed E-state index contributed by atoms with van der Waals surface area (Å²) in [6.07, 6.45) is 0. The lowest BCUT2D eigenvalue weighted by atomic mass is 10.4. The van der Waals surface area contributed by atoms with Crippen LogP contribution in [0.15, 0.2) is 6.07 Å². The Kier molecular flexibility index (Phi) is 2.54. The molecule has 0 aliphatic rings. The van der Waals surface area contributed by atoms with Crippen LogP contribution in [0.25, 0.3) is 0 Å². The number of hydrogen-bond acceptors (Lipinski definition) is 5. The fourth-order valence-electron chi connectivity index (χ4n) is 0.722. The minimum Gasteiger partial charge on any atom is -0.462 e. The Morgan fingerprint density at radius 3 is 2.75 bits per heavy atom. The van der Waals surface area contributed by atoms with Gasteiger partial charge in [-0.05, 0) is 13.0 Å². The highest BCUT2D eigenvalue weighted by molar-refractivity contribution is 7.18. The summed E-state index contributed by atoms with van der Waals surface area (Å²) in [6.45, 7) is 2.11. The SMILES string of the molecule is CCOC(=O)c1cc(N)c(N)s1. The zero-order valence-corrected chi connectivity index (χ0v) is 7.48. The first-order chi connectivity index (χ1) is 5.65. The highest BCUT2D eigenvalue weighted by Gasteiger charge is 2.11. The molecule has 0 saturated heterocycles. The maximum atomic E-state index is 11.1. The zero-order valence-electron chi connectivity index (χ0n) is 6.66. The minimum absolute atomic E-state index is 0.358. The molecule has 0 saturated carbocycles. The number of nitrogen functional groups attached to an aromatic ring is 2. The molecule has 1 heterocycles. The van der Waals surface area contributed by atoms with Crippen molar-refractivity contribution in [3.63, 3.8) is 0 Å². The van der Waals surface area contributed by atoms with Crippen molar-refractivity contribution in [2.75, 3.05) is 18.1 Å². The highest BCUT2D eigenvalue weighted by Crippen LogP contribution is 2.27. The van der Waals surface area contributed by atoms with Crippen LogP contribution < -0.4 is 11.5 Å². The summed E-state index contributed by atoms with van der Waals surface area (Å²) in [5.41, 5.74) is 11.3. The van der Waals surface area contributed by atoms with Gasteiger partial charge in [-0.1, -0.05) is 0 Å². The fourth-order valence-corrected chi connectivity index (χ4v) is 1.46. The lowest BCUT2D eigenvalue weighted by Gasteiger charge is -1.95. The molecule has 4 N–H and O–H groups in total. The van der Waals surface area contributed by atoms with E-state index >= 15 is 0 Å². The van der Waals surface area contributed by atoms with Crippen LogP contribution in [0.1, 0.15) is 16.6 Å². The normalized spacial score (nSPS) is 9.75. The molecule has 1 aromatic heterocycles. The standard InChI is InChI=1S/C7H10N2O2S/c1-2-11-7(10)5-3-4(8)6(9)12-5/h3H,2,8-9H2,1H3. The average molecular weight is 186 g/mol. The smallest absolute Gasteiger partial charge is 0.348 e. The van der Waals surface area contributed by atoms with Gasteiger partial charge in [-0.3, -0.25) is 0 Å². The van der Waals surface area contributed by atoms with Crippen molar-refractivity contribution < 1.29 is 9.53 Å². The minimum atomic E-state index is -0.370. The summed E-state index contributed by atoms with van der Waals surface area (Å²) in [5.74, 6) is -0.370. The van der Waals surface area contributed by atoms with Gasteiger partial charge >= 0.3 is 5.97 Å². The number of hydrogen-bond donors (Lipinski definition) is 2. The molecule has 0 bridgehead atoms. The Labute approximate surface area is 74.1 Å². The van der Waals surface area contributed by atoms with Gasteiger partial charge in [0.1, 0.15) is 9.88 Å². The molecule has 1 aromatic rings. The second-order valence-corrected chi connectivity index (χ2v) is 3.23. The van der Waals surface area contributed by atoms with E-state index in [-0.39, 0.29) is 5.97 Å². The zero-order chi connectivity index (χ0) is 9.14. The van der Waals surface area contributed by atoms with Crippen molar-refractivity contribution in [3.05, 3.63) is 10.9 Å². The highest BCUT2D eigenvalue weighted by atomic mass is 32.1. The molecule has 0 amide bonds. The molecule has 0 spiro atoms. The quantitative estimate of drug-likeness (QED) is 0.678. The number of nitrogens with two attached hydrogens (primary N) is 2. The third-order valence-corrected chi connectivity index (χ3v) is 2.23. The Morgan fingerprint density at radius 2 is 2.33 bits per heavy atom. The molecule has 1 rings (SSSR count). The second-order valence-electron chi connectivity index (χ2n) is 2.15. The first-order valence-electron chi connectivity index (χ1n) is 3.47. The van der Waals surface area contributed by atoms with Crippen LogP contribution in [0.5, 0.6) is 0 Å². The third-order valence-electron chi connectivity index (χ3n) is 1.27. The lowest BCUT2D eigenvalue weighted by molar-refractivity contribution is 0.0532. The number of anilines is 2. The molecule has 12 heavy (non-hydrogen) atoms. The number of ether oxygens (including phenoxy) is 1. The molecule has 66 valence electrons. The van der Waals surface area contributed by atoms with Crippen LogP contribution >= 0.6 is 11.3 Å². The van der Waals surface area contributed by atoms with Crippen LogP contribution in [-0.4, -0.2) is 12.6 Å². The van der Waals surface area contributed by atoms with E-state index in [0.717, 1.165) is 11.3 Å². The fraction of sp³-hybridized carbons (Fsp3) is 0.286. The van der Waals surface area contributed by atoms with Crippen LogP contribution in [0.2, 0.25) is 0 Å². The van der Waals surface area contributed by atoms with Crippen LogP contribution in [0.4, 0.5) is 10.7 Å². The van der Waals surface area contributed by atoms with Crippen LogP contribution in [0, 0.1) is 0 Å². The summed E-state index contributed by atoms with van der Waals surface area (Å²) < 4.78 is 4.76. The largest absolute Gasteiger partial charge is 0.462 e. The molecule has 0 atom stereocenters. The van der Waals surface area contributed by atoms with Gasteiger partial charge in [0, 0.05) is 0 Å². The molecule has 4 nitrogen and oxygen atoms in total. The first-order valence-corrected chi connectivity index (χ1v) is 4.28. The number of rotatable bonds is 2. The van der Waals surface area contributed by atoms with Gasteiger partial charge in [0.15, 0.2) is 0 Å². The third kappa shape index (κ3) is 1.68. The van der Waals surface area contributed by atoms with E-state index < -0.39 is 0 Å². The number of esters is 1. The summed E-state index contributed by atoms with van der Waals surface area (Å²) in [5, 5.41) is 0.457. The van der Waals surface area contributed by atoms with E-state index in [2.05, 4.69) is 0 Å². The number of carbonyl (C=O) groups excluding carboxylic acids is 1.